The van der Waals surface area contributed by atoms with E-state index in [9.17, 15) is 4.79 Å². The molecule has 1 aliphatic carbocycles. The third-order valence-electron chi connectivity index (χ3n) is 4.42. The minimum Gasteiger partial charge on any atom is -0.347 e. The number of fused-ring (bicyclic) bond motifs is 1. The van der Waals surface area contributed by atoms with Gasteiger partial charge in [-0.3, -0.25) is 10.1 Å². The van der Waals surface area contributed by atoms with Crippen molar-refractivity contribution < 1.29 is 4.79 Å². The SMILES string of the molecule is CCN(C(=O)C1Cc2nc[nH]c2CN1)C1CCCC1. The van der Waals surface area contributed by atoms with E-state index < -0.39 is 0 Å². The van der Waals surface area contributed by atoms with Crippen molar-refractivity contribution in [1.82, 2.24) is 20.2 Å². The van der Waals surface area contributed by atoms with Gasteiger partial charge >= 0.3 is 0 Å². The Hall–Kier alpha value is -1.36. The zero-order valence-corrected chi connectivity index (χ0v) is 11.5. The molecule has 0 saturated heterocycles. The van der Waals surface area contributed by atoms with E-state index in [2.05, 4.69) is 27.1 Å². The van der Waals surface area contributed by atoms with Crippen molar-refractivity contribution in [2.75, 3.05) is 6.54 Å². The van der Waals surface area contributed by atoms with E-state index in [4.69, 9.17) is 0 Å². The molecular formula is C14H22N4O. The fraction of sp³-hybridized carbons (Fsp3) is 0.714. The zero-order valence-electron chi connectivity index (χ0n) is 11.5. The molecule has 2 aliphatic rings. The fourth-order valence-corrected chi connectivity index (χ4v) is 3.35. The standard InChI is InChI=1S/C14H22N4O/c1-2-18(10-5-3-4-6-10)14(19)12-7-11-13(8-15-12)17-9-16-11/h9-10,12,15H,2-8H2,1H3,(H,16,17). The van der Waals surface area contributed by atoms with Crippen molar-refractivity contribution in [3.63, 3.8) is 0 Å². The van der Waals surface area contributed by atoms with Gasteiger partial charge in [-0.2, -0.15) is 0 Å². The minimum absolute atomic E-state index is 0.101. The maximum Gasteiger partial charge on any atom is 0.240 e. The number of imidazole rings is 1. The molecule has 1 saturated carbocycles. The van der Waals surface area contributed by atoms with Crippen LogP contribution in [0, 0.1) is 0 Å². The Morgan fingerprint density at radius 2 is 2.26 bits per heavy atom. The second kappa shape index (κ2) is 5.33. The van der Waals surface area contributed by atoms with Gasteiger partial charge in [0.15, 0.2) is 0 Å². The number of hydrogen-bond donors (Lipinski definition) is 2. The summed E-state index contributed by atoms with van der Waals surface area (Å²) >= 11 is 0. The van der Waals surface area contributed by atoms with E-state index in [1.165, 1.54) is 25.7 Å². The van der Waals surface area contributed by atoms with Crippen molar-refractivity contribution in [3.05, 3.63) is 17.7 Å². The highest BCUT2D eigenvalue weighted by molar-refractivity contribution is 5.82. The van der Waals surface area contributed by atoms with Crippen LogP contribution in [-0.2, 0) is 17.8 Å². The lowest BCUT2D eigenvalue weighted by Crippen LogP contribution is -2.52. The van der Waals surface area contributed by atoms with E-state index in [0.717, 1.165) is 17.9 Å². The highest BCUT2D eigenvalue weighted by atomic mass is 16.2. The van der Waals surface area contributed by atoms with Gasteiger partial charge in [-0.15, -0.1) is 0 Å². The van der Waals surface area contributed by atoms with E-state index in [0.29, 0.717) is 19.0 Å². The topological polar surface area (TPSA) is 61.0 Å². The Balaban J connectivity index is 1.69. The molecule has 104 valence electrons. The van der Waals surface area contributed by atoms with Gasteiger partial charge in [0.1, 0.15) is 0 Å². The summed E-state index contributed by atoms with van der Waals surface area (Å²) in [6.07, 6.45) is 7.28. The lowest BCUT2D eigenvalue weighted by Gasteiger charge is -2.33. The summed E-state index contributed by atoms with van der Waals surface area (Å²) in [7, 11) is 0. The van der Waals surface area contributed by atoms with Crippen LogP contribution in [0.3, 0.4) is 0 Å². The molecule has 1 fully saturated rings. The first-order valence-electron chi connectivity index (χ1n) is 7.34. The molecule has 2 heterocycles. The monoisotopic (exact) mass is 262 g/mol. The molecule has 0 bridgehead atoms. The van der Waals surface area contributed by atoms with Crippen molar-refractivity contribution in [2.24, 2.45) is 0 Å². The van der Waals surface area contributed by atoms with Crippen LogP contribution in [0.2, 0.25) is 0 Å². The molecule has 1 atom stereocenters. The lowest BCUT2D eigenvalue weighted by atomic mass is 10.0. The number of H-pyrrole nitrogens is 1. The molecule has 1 amide bonds. The number of nitrogens with zero attached hydrogens (tertiary/aromatic N) is 2. The molecule has 0 radical (unpaired) electrons. The number of hydrogen-bond acceptors (Lipinski definition) is 3. The minimum atomic E-state index is -0.101. The highest BCUT2D eigenvalue weighted by Gasteiger charge is 2.32. The maximum atomic E-state index is 12.7. The Labute approximate surface area is 113 Å². The lowest BCUT2D eigenvalue weighted by molar-refractivity contribution is -0.135. The van der Waals surface area contributed by atoms with Crippen LogP contribution in [0.1, 0.15) is 44.0 Å². The summed E-state index contributed by atoms with van der Waals surface area (Å²) in [6.45, 7) is 3.61. The first-order chi connectivity index (χ1) is 9.29. The van der Waals surface area contributed by atoms with Gasteiger partial charge in [0, 0.05) is 25.6 Å². The number of amides is 1. The van der Waals surface area contributed by atoms with Crippen molar-refractivity contribution in [2.45, 2.75) is 57.7 Å². The fourth-order valence-electron chi connectivity index (χ4n) is 3.35. The van der Waals surface area contributed by atoms with Crippen molar-refractivity contribution in [1.29, 1.82) is 0 Å². The van der Waals surface area contributed by atoms with Gasteiger partial charge in [-0.25, -0.2) is 4.98 Å². The van der Waals surface area contributed by atoms with Crippen LogP contribution >= 0.6 is 0 Å². The molecule has 1 unspecified atom stereocenters. The molecule has 5 nitrogen and oxygen atoms in total. The molecule has 19 heavy (non-hydrogen) atoms. The average Bonchev–Trinajstić information content (AvgIpc) is 3.09. The Kier molecular flexibility index (Phi) is 3.55. The normalized spacial score (nSPS) is 23.3. The number of aromatic amines is 1. The molecular weight excluding hydrogens is 240 g/mol. The molecule has 5 heteroatoms. The van der Waals surface area contributed by atoms with E-state index >= 15 is 0 Å². The second-order valence-electron chi connectivity index (χ2n) is 5.53. The zero-order chi connectivity index (χ0) is 13.2. The van der Waals surface area contributed by atoms with E-state index in [1.54, 1.807) is 6.33 Å². The van der Waals surface area contributed by atoms with Crippen molar-refractivity contribution in [3.8, 4) is 0 Å². The summed E-state index contributed by atoms with van der Waals surface area (Å²) in [4.78, 5) is 22.2. The van der Waals surface area contributed by atoms with Crippen LogP contribution in [0.4, 0.5) is 0 Å². The number of carbonyl (C=O) groups is 1. The first-order valence-corrected chi connectivity index (χ1v) is 7.34. The third-order valence-corrected chi connectivity index (χ3v) is 4.42. The Morgan fingerprint density at radius 1 is 1.47 bits per heavy atom. The van der Waals surface area contributed by atoms with Crippen LogP contribution in [0.25, 0.3) is 0 Å². The number of aromatic nitrogens is 2. The largest absolute Gasteiger partial charge is 0.347 e. The summed E-state index contributed by atoms with van der Waals surface area (Å²) in [5.74, 6) is 0.253. The first kappa shape index (κ1) is 12.7. The van der Waals surface area contributed by atoms with Crippen molar-refractivity contribution >= 4 is 5.91 Å². The molecule has 1 aliphatic heterocycles. The van der Waals surface area contributed by atoms with E-state index in [1.807, 2.05) is 0 Å². The van der Waals surface area contributed by atoms with Crippen LogP contribution in [0.15, 0.2) is 6.33 Å². The van der Waals surface area contributed by atoms with Gasteiger partial charge < -0.3 is 9.88 Å². The number of likely N-dealkylation sites (N-methyl/N-ethyl adjacent to an activating group) is 1. The predicted octanol–water partition coefficient (Wildman–Crippen LogP) is 1.22. The quantitative estimate of drug-likeness (QED) is 0.861. The van der Waals surface area contributed by atoms with Gasteiger partial charge in [-0.05, 0) is 19.8 Å². The maximum absolute atomic E-state index is 12.7. The number of carbonyl (C=O) groups excluding carboxylic acids is 1. The Bertz CT molecular complexity index is 450. The van der Waals surface area contributed by atoms with Crippen LogP contribution < -0.4 is 5.32 Å². The summed E-state index contributed by atoms with van der Waals surface area (Å²) in [5.41, 5.74) is 2.16. The molecule has 0 spiro atoms. The smallest absolute Gasteiger partial charge is 0.240 e. The second-order valence-corrected chi connectivity index (χ2v) is 5.53. The summed E-state index contributed by atoms with van der Waals surface area (Å²) in [6, 6.07) is 0.358. The molecule has 1 aromatic rings. The summed E-state index contributed by atoms with van der Waals surface area (Å²) in [5, 5.41) is 3.34. The molecule has 1 aromatic heterocycles. The van der Waals surface area contributed by atoms with Gasteiger partial charge in [0.2, 0.25) is 5.91 Å². The average molecular weight is 262 g/mol. The molecule has 2 N–H and O–H groups in total. The molecule has 0 aromatic carbocycles. The number of rotatable bonds is 3. The van der Waals surface area contributed by atoms with Crippen LogP contribution in [-0.4, -0.2) is 39.4 Å². The van der Waals surface area contributed by atoms with Gasteiger partial charge in [-0.1, -0.05) is 12.8 Å². The van der Waals surface area contributed by atoms with E-state index in [-0.39, 0.29) is 11.9 Å². The highest BCUT2D eigenvalue weighted by Crippen LogP contribution is 2.24. The van der Waals surface area contributed by atoms with Crippen LogP contribution in [0.5, 0.6) is 0 Å². The predicted molar refractivity (Wildman–Crippen MR) is 72.6 cm³/mol. The summed E-state index contributed by atoms with van der Waals surface area (Å²) < 4.78 is 0. The van der Waals surface area contributed by atoms with Gasteiger partial charge in [0.05, 0.1) is 23.8 Å². The number of nitrogens with one attached hydrogen (secondary N) is 2. The third kappa shape index (κ3) is 2.39. The van der Waals surface area contributed by atoms with Gasteiger partial charge in [0.25, 0.3) is 0 Å². The molecule has 3 rings (SSSR count). The Morgan fingerprint density at radius 3 is 3.00 bits per heavy atom.